The van der Waals surface area contributed by atoms with Gasteiger partial charge in [0.05, 0.1) is 5.56 Å². The highest BCUT2D eigenvalue weighted by Crippen LogP contribution is 2.23. The van der Waals surface area contributed by atoms with Gasteiger partial charge in [-0.05, 0) is 29.7 Å². The molecule has 0 aliphatic carbocycles. The van der Waals surface area contributed by atoms with Crippen molar-refractivity contribution in [3.63, 3.8) is 0 Å². The number of nitrogens with zero attached hydrogens (tertiary/aromatic N) is 1. The van der Waals surface area contributed by atoms with Gasteiger partial charge in [0.25, 0.3) is 0 Å². The molecular weight excluding hydrogens is 242 g/mol. The lowest BCUT2D eigenvalue weighted by atomic mass is 10.0. The average Bonchev–Trinajstić information content (AvgIpc) is 2.40. The molecule has 4 nitrogen and oxygen atoms in total. The van der Waals surface area contributed by atoms with Gasteiger partial charge >= 0.3 is 5.97 Å². The van der Waals surface area contributed by atoms with E-state index in [1.54, 1.807) is 12.1 Å². The Morgan fingerprint density at radius 1 is 1.16 bits per heavy atom. The minimum atomic E-state index is -0.942. The van der Waals surface area contributed by atoms with Crippen LogP contribution >= 0.6 is 0 Å². The molecule has 0 radical (unpaired) electrons. The maximum atomic E-state index is 10.2. The summed E-state index contributed by atoms with van der Waals surface area (Å²) in [4.78, 5) is 13.8. The zero-order chi connectivity index (χ0) is 14.3. The van der Waals surface area contributed by atoms with Gasteiger partial charge in [0, 0.05) is 12.4 Å². The van der Waals surface area contributed by atoms with Crippen LogP contribution in [0.5, 0.6) is 5.75 Å². The fourth-order valence-electron chi connectivity index (χ4n) is 1.47. The van der Waals surface area contributed by atoms with Crippen molar-refractivity contribution in [2.75, 3.05) is 0 Å². The standard InChI is InChI=1S/C9H12O.C6H5NO2/c1-7(2)8-5-3-4-6-9(8)10;8-6(9)5-2-1-3-7-4-5/h3-7,10H,1-2H3;1-4H,(H,8,9). The second kappa shape index (κ2) is 7.16. The summed E-state index contributed by atoms with van der Waals surface area (Å²) in [7, 11) is 0. The number of hydrogen-bond acceptors (Lipinski definition) is 3. The van der Waals surface area contributed by atoms with Gasteiger partial charge in [-0.25, -0.2) is 4.79 Å². The normalized spacial score (nSPS) is 9.63. The summed E-state index contributed by atoms with van der Waals surface area (Å²) >= 11 is 0. The monoisotopic (exact) mass is 259 g/mol. The summed E-state index contributed by atoms with van der Waals surface area (Å²) in [6.45, 7) is 4.13. The van der Waals surface area contributed by atoms with Gasteiger partial charge in [0.1, 0.15) is 5.75 Å². The Kier molecular flexibility index (Phi) is 5.54. The second-order valence-electron chi connectivity index (χ2n) is 4.26. The molecule has 4 heteroatoms. The van der Waals surface area contributed by atoms with E-state index < -0.39 is 5.97 Å². The molecule has 2 N–H and O–H groups in total. The fourth-order valence-corrected chi connectivity index (χ4v) is 1.47. The highest BCUT2D eigenvalue weighted by atomic mass is 16.4. The number of carbonyl (C=O) groups is 1. The number of phenols is 1. The van der Waals surface area contributed by atoms with Crippen LogP contribution in [0.2, 0.25) is 0 Å². The summed E-state index contributed by atoms with van der Waals surface area (Å²) in [5.74, 6) is -0.137. The fraction of sp³-hybridized carbons (Fsp3) is 0.200. The van der Waals surface area contributed by atoms with Crippen molar-refractivity contribution in [2.24, 2.45) is 0 Å². The Morgan fingerprint density at radius 3 is 2.21 bits per heavy atom. The number of hydrogen-bond donors (Lipinski definition) is 2. The van der Waals surface area contributed by atoms with E-state index in [9.17, 15) is 9.90 Å². The van der Waals surface area contributed by atoms with Gasteiger partial charge in [-0.2, -0.15) is 0 Å². The van der Waals surface area contributed by atoms with Gasteiger partial charge in [0.15, 0.2) is 0 Å². The summed E-state index contributed by atoms with van der Waals surface area (Å²) in [6, 6.07) is 10.5. The first-order valence-electron chi connectivity index (χ1n) is 5.93. The molecule has 2 rings (SSSR count). The van der Waals surface area contributed by atoms with E-state index >= 15 is 0 Å². The van der Waals surface area contributed by atoms with E-state index in [-0.39, 0.29) is 5.56 Å². The van der Waals surface area contributed by atoms with Crippen molar-refractivity contribution < 1.29 is 15.0 Å². The number of carboxylic acid groups (broad SMARTS) is 1. The minimum absolute atomic E-state index is 0.220. The molecule has 0 unspecified atom stereocenters. The summed E-state index contributed by atoms with van der Waals surface area (Å²) in [6.07, 6.45) is 2.84. The molecule has 0 saturated heterocycles. The van der Waals surface area contributed by atoms with E-state index in [2.05, 4.69) is 18.8 Å². The molecule has 0 bridgehead atoms. The van der Waals surface area contributed by atoms with Gasteiger partial charge in [-0.15, -0.1) is 0 Å². The van der Waals surface area contributed by atoms with E-state index in [1.165, 1.54) is 18.5 Å². The zero-order valence-electron chi connectivity index (χ0n) is 10.9. The third-order valence-corrected chi connectivity index (χ3v) is 2.47. The largest absolute Gasteiger partial charge is 0.508 e. The van der Waals surface area contributed by atoms with Crippen LogP contribution in [0.3, 0.4) is 0 Å². The average molecular weight is 259 g/mol. The Morgan fingerprint density at radius 2 is 1.84 bits per heavy atom. The summed E-state index contributed by atoms with van der Waals surface area (Å²) < 4.78 is 0. The van der Waals surface area contributed by atoms with Crippen molar-refractivity contribution in [3.8, 4) is 5.75 Å². The Hall–Kier alpha value is -2.36. The first-order valence-corrected chi connectivity index (χ1v) is 5.93. The third-order valence-electron chi connectivity index (χ3n) is 2.47. The zero-order valence-corrected chi connectivity index (χ0v) is 10.9. The first-order chi connectivity index (χ1) is 9.02. The topological polar surface area (TPSA) is 70.4 Å². The Labute approximate surface area is 112 Å². The molecule has 1 aromatic carbocycles. The van der Waals surface area contributed by atoms with Crippen LogP contribution in [0.25, 0.3) is 0 Å². The molecule has 19 heavy (non-hydrogen) atoms. The lowest BCUT2D eigenvalue weighted by Gasteiger charge is -2.05. The van der Waals surface area contributed by atoms with E-state index in [0.717, 1.165) is 5.56 Å². The van der Waals surface area contributed by atoms with Crippen molar-refractivity contribution in [1.29, 1.82) is 0 Å². The molecule has 0 fully saturated rings. The molecule has 100 valence electrons. The number of benzene rings is 1. The molecule has 1 heterocycles. The van der Waals surface area contributed by atoms with E-state index in [4.69, 9.17) is 5.11 Å². The number of rotatable bonds is 2. The Bertz CT molecular complexity index is 524. The first kappa shape index (κ1) is 14.7. The predicted octanol–water partition coefficient (Wildman–Crippen LogP) is 3.30. The van der Waals surface area contributed by atoms with Gasteiger partial charge < -0.3 is 10.2 Å². The van der Waals surface area contributed by atoms with Crippen LogP contribution in [0.4, 0.5) is 0 Å². The van der Waals surface area contributed by atoms with Crippen LogP contribution in [-0.4, -0.2) is 21.2 Å². The molecule has 0 saturated carbocycles. The van der Waals surface area contributed by atoms with Gasteiger partial charge in [-0.3, -0.25) is 4.98 Å². The molecule has 0 atom stereocenters. The number of carboxylic acids is 1. The molecular formula is C15H17NO3. The van der Waals surface area contributed by atoms with Crippen molar-refractivity contribution in [2.45, 2.75) is 19.8 Å². The second-order valence-corrected chi connectivity index (χ2v) is 4.26. The minimum Gasteiger partial charge on any atom is -0.508 e. The highest BCUT2D eigenvalue weighted by molar-refractivity contribution is 5.86. The number of pyridine rings is 1. The summed E-state index contributed by atoms with van der Waals surface area (Å²) in [5.41, 5.74) is 1.24. The molecule has 0 spiro atoms. The molecule has 0 aliphatic heterocycles. The Balaban J connectivity index is 0.000000191. The van der Waals surface area contributed by atoms with Gasteiger partial charge in [-0.1, -0.05) is 32.0 Å². The third kappa shape index (κ3) is 4.79. The maximum Gasteiger partial charge on any atom is 0.337 e. The molecule has 0 aliphatic rings. The van der Waals surface area contributed by atoms with Gasteiger partial charge in [0.2, 0.25) is 0 Å². The van der Waals surface area contributed by atoms with Crippen LogP contribution in [0.15, 0.2) is 48.8 Å². The number of para-hydroxylation sites is 1. The van der Waals surface area contributed by atoms with Crippen molar-refractivity contribution >= 4 is 5.97 Å². The molecule has 1 aromatic heterocycles. The van der Waals surface area contributed by atoms with Crippen LogP contribution in [0.1, 0.15) is 35.7 Å². The SMILES string of the molecule is CC(C)c1ccccc1O.O=C(O)c1cccnc1. The summed E-state index contributed by atoms with van der Waals surface area (Å²) in [5, 5.41) is 17.6. The van der Waals surface area contributed by atoms with Crippen LogP contribution in [-0.2, 0) is 0 Å². The maximum absolute atomic E-state index is 10.2. The lowest BCUT2D eigenvalue weighted by molar-refractivity contribution is 0.0696. The van der Waals surface area contributed by atoms with Crippen LogP contribution < -0.4 is 0 Å². The van der Waals surface area contributed by atoms with Crippen molar-refractivity contribution in [3.05, 3.63) is 59.9 Å². The lowest BCUT2D eigenvalue weighted by Crippen LogP contribution is -1.94. The van der Waals surface area contributed by atoms with E-state index in [1.807, 2.05) is 18.2 Å². The van der Waals surface area contributed by atoms with Crippen molar-refractivity contribution in [1.82, 2.24) is 4.98 Å². The number of phenolic OH excluding ortho intramolecular Hbond substituents is 1. The number of aromatic hydroxyl groups is 1. The van der Waals surface area contributed by atoms with Crippen LogP contribution in [0, 0.1) is 0 Å². The van der Waals surface area contributed by atoms with E-state index in [0.29, 0.717) is 11.7 Å². The predicted molar refractivity (Wildman–Crippen MR) is 73.4 cm³/mol. The highest BCUT2D eigenvalue weighted by Gasteiger charge is 2.02. The number of aromatic carboxylic acids is 1. The quantitative estimate of drug-likeness (QED) is 0.868. The smallest absolute Gasteiger partial charge is 0.337 e. The number of aromatic nitrogens is 1. The molecule has 0 amide bonds. The molecule has 2 aromatic rings.